The van der Waals surface area contributed by atoms with Gasteiger partial charge in [0.25, 0.3) is 0 Å². The number of anilines is 1. The van der Waals surface area contributed by atoms with Gasteiger partial charge in [-0.2, -0.15) is 5.10 Å². The van der Waals surface area contributed by atoms with Gasteiger partial charge in [-0.15, -0.1) is 24.8 Å². The van der Waals surface area contributed by atoms with Crippen molar-refractivity contribution in [2.24, 2.45) is 12.8 Å². The van der Waals surface area contributed by atoms with E-state index in [0.29, 0.717) is 13.1 Å². The van der Waals surface area contributed by atoms with Gasteiger partial charge < -0.3 is 11.1 Å². The van der Waals surface area contributed by atoms with Crippen LogP contribution in [0.1, 0.15) is 0 Å². The zero-order chi connectivity index (χ0) is 10.8. The summed E-state index contributed by atoms with van der Waals surface area (Å²) in [7, 11) is 1.84. The molecule has 0 aliphatic rings. The summed E-state index contributed by atoms with van der Waals surface area (Å²) in [5.41, 5.74) is 6.21. The van der Waals surface area contributed by atoms with E-state index in [9.17, 15) is 0 Å². The van der Waals surface area contributed by atoms with Gasteiger partial charge >= 0.3 is 0 Å². The van der Waals surface area contributed by atoms with Crippen molar-refractivity contribution in [3.05, 3.63) is 10.9 Å². The normalized spacial score (nSPS) is 9.59. The van der Waals surface area contributed by atoms with E-state index in [2.05, 4.69) is 36.3 Å². The van der Waals surface area contributed by atoms with Crippen molar-refractivity contribution in [2.45, 2.75) is 0 Å². The number of rotatable bonds is 3. The summed E-state index contributed by atoms with van der Waals surface area (Å²) in [6.07, 6.45) is 1.51. The molecule has 0 aliphatic heterocycles. The lowest BCUT2D eigenvalue weighted by atomic mass is 10.4. The van der Waals surface area contributed by atoms with Crippen molar-refractivity contribution in [3.63, 3.8) is 0 Å². The summed E-state index contributed by atoms with van der Waals surface area (Å²) < 4.78 is 2.44. The second kappa shape index (κ2) is 6.95. The number of aryl methyl sites for hydroxylation is 1. The minimum absolute atomic E-state index is 0. The number of aromatic nitrogens is 4. The second-order valence-electron chi connectivity index (χ2n) is 3.05. The summed E-state index contributed by atoms with van der Waals surface area (Å²) in [5.74, 6) is 0.755. The molecule has 0 saturated carbocycles. The van der Waals surface area contributed by atoms with Crippen molar-refractivity contribution in [2.75, 3.05) is 18.4 Å². The van der Waals surface area contributed by atoms with E-state index in [-0.39, 0.29) is 24.8 Å². The summed E-state index contributed by atoms with van der Waals surface area (Å²) in [5, 5.41) is 8.23. The number of halogens is 3. The van der Waals surface area contributed by atoms with E-state index in [1.807, 2.05) is 7.05 Å². The summed E-state index contributed by atoms with van der Waals surface area (Å²) in [4.78, 5) is 8.32. The fraction of sp³-hybridized carbons (Fsp3) is 0.375. The molecular formula is C8H13BrCl2N6. The standard InChI is InChI=1S/C8H11BrN6.2ClH/c1-15-8-5(6(9)14-15)7(11-3-2-10)12-4-13-8;;/h4H,2-3,10H2,1H3,(H,11,12,13);2*1H. The highest BCUT2D eigenvalue weighted by molar-refractivity contribution is 9.10. The fourth-order valence-corrected chi connectivity index (χ4v) is 1.97. The Hall–Kier alpha value is -0.630. The van der Waals surface area contributed by atoms with Gasteiger partial charge in [0.15, 0.2) is 5.65 Å². The molecule has 9 heteroatoms. The van der Waals surface area contributed by atoms with Crippen molar-refractivity contribution in [3.8, 4) is 0 Å². The first kappa shape index (κ1) is 16.4. The smallest absolute Gasteiger partial charge is 0.164 e. The molecule has 0 aliphatic carbocycles. The van der Waals surface area contributed by atoms with E-state index >= 15 is 0 Å². The van der Waals surface area contributed by atoms with Crippen LogP contribution in [0.3, 0.4) is 0 Å². The maximum Gasteiger partial charge on any atom is 0.164 e. The molecule has 2 rings (SSSR count). The SMILES string of the molecule is Cl.Cl.Cn1nc(Br)c2c(NCCN)ncnc21. The van der Waals surface area contributed by atoms with Crippen LogP contribution >= 0.6 is 40.7 Å². The average Bonchev–Trinajstić information content (AvgIpc) is 2.53. The second-order valence-corrected chi connectivity index (χ2v) is 3.80. The maximum atomic E-state index is 5.43. The molecule has 2 heterocycles. The highest BCUT2D eigenvalue weighted by atomic mass is 79.9. The Morgan fingerprint density at radius 1 is 1.41 bits per heavy atom. The molecule has 96 valence electrons. The Bertz CT molecular complexity index is 488. The van der Waals surface area contributed by atoms with Gasteiger partial charge in [0.2, 0.25) is 0 Å². The van der Waals surface area contributed by atoms with E-state index in [4.69, 9.17) is 5.73 Å². The van der Waals surface area contributed by atoms with Gasteiger partial charge in [-0.25, -0.2) is 14.6 Å². The Balaban J connectivity index is 0.00000128. The molecule has 0 bridgehead atoms. The third kappa shape index (κ3) is 3.19. The molecule has 17 heavy (non-hydrogen) atoms. The van der Waals surface area contributed by atoms with E-state index in [1.54, 1.807) is 4.68 Å². The van der Waals surface area contributed by atoms with Crippen molar-refractivity contribution >= 4 is 57.6 Å². The molecule has 0 saturated heterocycles. The van der Waals surface area contributed by atoms with Crippen molar-refractivity contribution in [1.82, 2.24) is 19.7 Å². The van der Waals surface area contributed by atoms with Crippen LogP contribution in [0, 0.1) is 0 Å². The maximum absolute atomic E-state index is 5.43. The number of hydrogen-bond acceptors (Lipinski definition) is 5. The summed E-state index contributed by atoms with van der Waals surface area (Å²) in [6.45, 7) is 1.23. The third-order valence-electron chi connectivity index (χ3n) is 2.01. The van der Waals surface area contributed by atoms with Crippen LogP contribution in [0.2, 0.25) is 0 Å². The lowest BCUT2D eigenvalue weighted by Crippen LogP contribution is -2.14. The minimum Gasteiger partial charge on any atom is -0.368 e. The molecule has 0 amide bonds. The van der Waals surface area contributed by atoms with Crippen LogP contribution in [0.4, 0.5) is 5.82 Å². The molecule has 0 spiro atoms. The number of hydrogen-bond donors (Lipinski definition) is 2. The van der Waals surface area contributed by atoms with Crippen LogP contribution in [0.25, 0.3) is 11.0 Å². The average molecular weight is 344 g/mol. The first-order chi connectivity index (χ1) is 7.24. The van der Waals surface area contributed by atoms with Gasteiger partial charge in [0.05, 0.1) is 5.39 Å². The zero-order valence-electron chi connectivity index (χ0n) is 9.05. The summed E-state index contributed by atoms with van der Waals surface area (Å²) in [6, 6.07) is 0. The Kier molecular flexibility index (Phi) is 6.69. The van der Waals surface area contributed by atoms with Crippen molar-refractivity contribution in [1.29, 1.82) is 0 Å². The predicted octanol–water partition coefficient (Wildman–Crippen LogP) is 1.34. The van der Waals surface area contributed by atoms with E-state index in [0.717, 1.165) is 21.5 Å². The molecule has 0 radical (unpaired) electrons. The fourth-order valence-electron chi connectivity index (χ4n) is 1.37. The first-order valence-corrected chi connectivity index (χ1v) is 5.30. The predicted molar refractivity (Wildman–Crippen MR) is 76.0 cm³/mol. The number of fused-ring (bicyclic) bond motifs is 1. The lowest BCUT2D eigenvalue weighted by molar-refractivity contribution is 0.777. The quantitative estimate of drug-likeness (QED) is 0.878. The number of nitrogens with one attached hydrogen (secondary N) is 1. The number of nitrogens with two attached hydrogens (primary N) is 1. The minimum atomic E-state index is 0. The largest absolute Gasteiger partial charge is 0.368 e. The topological polar surface area (TPSA) is 81.7 Å². The Labute approximate surface area is 119 Å². The molecule has 2 aromatic rings. The van der Waals surface area contributed by atoms with Gasteiger partial charge in [-0.05, 0) is 15.9 Å². The van der Waals surface area contributed by atoms with Crippen molar-refractivity contribution < 1.29 is 0 Å². The zero-order valence-corrected chi connectivity index (χ0v) is 12.3. The monoisotopic (exact) mass is 342 g/mol. The van der Waals surface area contributed by atoms with Gasteiger partial charge in [-0.1, -0.05) is 0 Å². The number of nitrogens with zero attached hydrogens (tertiary/aromatic N) is 4. The highest BCUT2D eigenvalue weighted by Crippen LogP contribution is 2.26. The Morgan fingerprint density at radius 3 is 2.76 bits per heavy atom. The molecule has 6 nitrogen and oxygen atoms in total. The molecular weight excluding hydrogens is 331 g/mol. The van der Waals surface area contributed by atoms with Crippen LogP contribution in [0.15, 0.2) is 10.9 Å². The van der Waals surface area contributed by atoms with Gasteiger partial charge in [0, 0.05) is 20.1 Å². The van der Waals surface area contributed by atoms with E-state index in [1.165, 1.54) is 6.33 Å². The lowest BCUT2D eigenvalue weighted by Gasteiger charge is -2.03. The highest BCUT2D eigenvalue weighted by Gasteiger charge is 2.12. The molecule has 0 atom stereocenters. The van der Waals surface area contributed by atoms with Gasteiger partial charge in [0.1, 0.15) is 16.7 Å². The molecule has 0 unspecified atom stereocenters. The summed E-state index contributed by atoms with van der Waals surface area (Å²) >= 11 is 3.38. The molecule has 3 N–H and O–H groups in total. The Morgan fingerprint density at radius 2 is 2.12 bits per heavy atom. The molecule has 0 fully saturated rings. The first-order valence-electron chi connectivity index (χ1n) is 4.51. The molecule has 0 aromatic carbocycles. The van der Waals surface area contributed by atoms with E-state index < -0.39 is 0 Å². The van der Waals surface area contributed by atoms with Crippen LogP contribution in [-0.2, 0) is 7.05 Å². The van der Waals surface area contributed by atoms with Gasteiger partial charge in [-0.3, -0.25) is 0 Å². The molecule has 2 aromatic heterocycles. The van der Waals surface area contributed by atoms with Crippen LogP contribution in [0.5, 0.6) is 0 Å². The van der Waals surface area contributed by atoms with Crippen LogP contribution in [-0.4, -0.2) is 32.8 Å². The third-order valence-corrected chi connectivity index (χ3v) is 2.57. The van der Waals surface area contributed by atoms with Crippen LogP contribution < -0.4 is 11.1 Å².